The molecule has 0 atom stereocenters. The Kier molecular flexibility index (Phi) is 10.1. The van der Waals surface area contributed by atoms with E-state index in [0.717, 1.165) is 44.6 Å². The Labute approximate surface area is 159 Å². The summed E-state index contributed by atoms with van der Waals surface area (Å²) in [6, 6.07) is 2.67. The van der Waals surface area contributed by atoms with Gasteiger partial charge in [-0.2, -0.15) is 13.2 Å². The van der Waals surface area contributed by atoms with Crippen LogP contribution in [0.1, 0.15) is 44.7 Å². The molecule has 0 bridgehead atoms. The summed E-state index contributed by atoms with van der Waals surface area (Å²) in [5.41, 5.74) is -1.04. The van der Waals surface area contributed by atoms with Gasteiger partial charge in [-0.1, -0.05) is 19.9 Å². The van der Waals surface area contributed by atoms with Gasteiger partial charge < -0.3 is 15.5 Å². The van der Waals surface area contributed by atoms with E-state index in [2.05, 4.69) is 34.4 Å². The van der Waals surface area contributed by atoms with Gasteiger partial charge in [0.25, 0.3) is 0 Å². The Morgan fingerprint density at radius 3 is 2.37 bits per heavy atom. The standard InChI is InChI=1S/C19H30F4N4/c1-4-24-18(25-11-7-8-12-27(5-2)6-3)26-14-15-9-10-16(20)13-17(15)19(21,22)23/h9-10,13H,4-8,11-12,14H2,1-3H3,(H2,24,25,26). The molecule has 0 aliphatic heterocycles. The van der Waals surface area contributed by atoms with E-state index < -0.39 is 17.6 Å². The lowest BCUT2D eigenvalue weighted by Gasteiger charge is -2.18. The van der Waals surface area contributed by atoms with Crippen LogP contribution < -0.4 is 10.6 Å². The highest BCUT2D eigenvalue weighted by atomic mass is 19.4. The minimum Gasteiger partial charge on any atom is -0.357 e. The molecule has 0 aromatic heterocycles. The molecule has 0 fully saturated rings. The molecule has 154 valence electrons. The summed E-state index contributed by atoms with van der Waals surface area (Å²) in [7, 11) is 0. The van der Waals surface area contributed by atoms with Crippen molar-refractivity contribution in [3.8, 4) is 0 Å². The van der Waals surface area contributed by atoms with Crippen molar-refractivity contribution in [3.05, 3.63) is 35.1 Å². The molecule has 0 aliphatic rings. The number of halogens is 4. The van der Waals surface area contributed by atoms with Crippen LogP contribution in [-0.4, -0.2) is 43.6 Å². The lowest BCUT2D eigenvalue weighted by atomic mass is 10.1. The van der Waals surface area contributed by atoms with Crippen molar-refractivity contribution in [2.24, 2.45) is 4.99 Å². The van der Waals surface area contributed by atoms with Crippen molar-refractivity contribution in [3.63, 3.8) is 0 Å². The smallest absolute Gasteiger partial charge is 0.357 e. The van der Waals surface area contributed by atoms with E-state index in [-0.39, 0.29) is 12.1 Å². The fourth-order valence-corrected chi connectivity index (χ4v) is 2.66. The molecule has 4 nitrogen and oxygen atoms in total. The summed E-state index contributed by atoms with van der Waals surface area (Å²) in [4.78, 5) is 6.55. The maximum Gasteiger partial charge on any atom is 0.416 e. The molecule has 1 aromatic carbocycles. The van der Waals surface area contributed by atoms with Crippen LogP contribution in [-0.2, 0) is 12.7 Å². The molecule has 1 rings (SSSR count). The third kappa shape index (κ3) is 8.60. The van der Waals surface area contributed by atoms with E-state index in [1.807, 2.05) is 6.92 Å². The highest BCUT2D eigenvalue weighted by Gasteiger charge is 2.33. The lowest BCUT2D eigenvalue weighted by molar-refractivity contribution is -0.138. The molecule has 0 aliphatic carbocycles. The number of aliphatic imine (C=N–C) groups is 1. The van der Waals surface area contributed by atoms with Gasteiger partial charge in [0.1, 0.15) is 5.82 Å². The molecular formula is C19H30F4N4. The molecule has 0 saturated carbocycles. The summed E-state index contributed by atoms with van der Waals surface area (Å²) in [5, 5.41) is 6.15. The Balaban J connectivity index is 2.64. The summed E-state index contributed by atoms with van der Waals surface area (Å²) in [6.45, 7) is 10.3. The number of rotatable bonds is 10. The quantitative estimate of drug-likeness (QED) is 0.274. The van der Waals surface area contributed by atoms with Crippen molar-refractivity contribution in [2.75, 3.05) is 32.7 Å². The molecule has 0 amide bonds. The predicted octanol–water partition coefficient (Wildman–Crippen LogP) is 4.02. The second-order valence-electron chi connectivity index (χ2n) is 6.16. The predicted molar refractivity (Wildman–Crippen MR) is 101 cm³/mol. The Bertz CT molecular complexity index is 584. The van der Waals surface area contributed by atoms with Gasteiger partial charge in [0.15, 0.2) is 5.96 Å². The van der Waals surface area contributed by atoms with Gasteiger partial charge in [-0.3, -0.25) is 0 Å². The third-order valence-electron chi connectivity index (χ3n) is 4.22. The first kappa shape index (κ1) is 23.2. The molecule has 0 spiro atoms. The average Bonchev–Trinajstić information content (AvgIpc) is 2.62. The summed E-state index contributed by atoms with van der Waals surface area (Å²) in [6.07, 6.45) is -2.64. The fraction of sp³-hybridized carbons (Fsp3) is 0.632. The topological polar surface area (TPSA) is 39.7 Å². The number of guanidine groups is 1. The van der Waals surface area contributed by atoms with Crippen LogP contribution in [0.3, 0.4) is 0 Å². The van der Waals surface area contributed by atoms with Gasteiger partial charge >= 0.3 is 6.18 Å². The zero-order valence-electron chi connectivity index (χ0n) is 16.3. The van der Waals surface area contributed by atoms with Crippen LogP contribution in [0, 0.1) is 5.82 Å². The van der Waals surface area contributed by atoms with Crippen molar-refractivity contribution < 1.29 is 17.6 Å². The fourth-order valence-electron chi connectivity index (χ4n) is 2.66. The number of nitrogens with zero attached hydrogens (tertiary/aromatic N) is 2. The van der Waals surface area contributed by atoms with Gasteiger partial charge in [0, 0.05) is 13.1 Å². The summed E-state index contributed by atoms with van der Waals surface area (Å²) < 4.78 is 52.4. The molecular weight excluding hydrogens is 360 g/mol. The van der Waals surface area contributed by atoms with Crippen LogP contribution >= 0.6 is 0 Å². The van der Waals surface area contributed by atoms with Crippen LogP contribution in [0.15, 0.2) is 23.2 Å². The number of hydrogen-bond acceptors (Lipinski definition) is 2. The zero-order valence-corrected chi connectivity index (χ0v) is 16.3. The molecule has 27 heavy (non-hydrogen) atoms. The monoisotopic (exact) mass is 390 g/mol. The van der Waals surface area contributed by atoms with Crippen LogP contribution in [0.25, 0.3) is 0 Å². The van der Waals surface area contributed by atoms with Gasteiger partial charge in [-0.05, 0) is 57.1 Å². The molecule has 8 heteroatoms. The SMILES string of the molecule is CCNC(=NCc1ccc(F)cc1C(F)(F)F)NCCCCN(CC)CC. The highest BCUT2D eigenvalue weighted by Crippen LogP contribution is 2.32. The molecule has 0 saturated heterocycles. The maximum atomic E-state index is 13.2. The van der Waals surface area contributed by atoms with Crippen LogP contribution in [0.2, 0.25) is 0 Å². The second-order valence-corrected chi connectivity index (χ2v) is 6.16. The minimum absolute atomic E-state index is 0.0531. The summed E-state index contributed by atoms with van der Waals surface area (Å²) >= 11 is 0. The van der Waals surface area contributed by atoms with Gasteiger partial charge in [-0.15, -0.1) is 0 Å². The molecule has 0 radical (unpaired) electrons. The largest absolute Gasteiger partial charge is 0.416 e. The molecule has 0 heterocycles. The van der Waals surface area contributed by atoms with Gasteiger partial charge in [0.2, 0.25) is 0 Å². The second kappa shape index (κ2) is 11.8. The van der Waals surface area contributed by atoms with E-state index in [1.165, 1.54) is 0 Å². The van der Waals surface area contributed by atoms with E-state index >= 15 is 0 Å². The number of unbranched alkanes of at least 4 members (excludes halogenated alkanes) is 1. The normalized spacial score (nSPS) is 12.5. The Hall–Kier alpha value is -1.83. The number of hydrogen-bond donors (Lipinski definition) is 2. The molecule has 1 aromatic rings. The number of benzene rings is 1. The average molecular weight is 390 g/mol. The van der Waals surface area contributed by atoms with Crippen molar-refractivity contribution in [2.45, 2.75) is 46.3 Å². The third-order valence-corrected chi connectivity index (χ3v) is 4.22. The van der Waals surface area contributed by atoms with Crippen LogP contribution in [0.4, 0.5) is 17.6 Å². The van der Waals surface area contributed by atoms with Gasteiger partial charge in [-0.25, -0.2) is 9.38 Å². The minimum atomic E-state index is -4.61. The molecule has 2 N–H and O–H groups in total. The highest BCUT2D eigenvalue weighted by molar-refractivity contribution is 5.79. The Morgan fingerprint density at radius 2 is 1.78 bits per heavy atom. The lowest BCUT2D eigenvalue weighted by Crippen LogP contribution is -2.38. The first-order valence-corrected chi connectivity index (χ1v) is 9.41. The van der Waals surface area contributed by atoms with Crippen molar-refractivity contribution in [1.82, 2.24) is 15.5 Å². The van der Waals surface area contributed by atoms with E-state index in [1.54, 1.807) is 0 Å². The van der Waals surface area contributed by atoms with E-state index in [4.69, 9.17) is 0 Å². The Morgan fingerprint density at radius 1 is 1.07 bits per heavy atom. The van der Waals surface area contributed by atoms with E-state index in [9.17, 15) is 17.6 Å². The van der Waals surface area contributed by atoms with Crippen LogP contribution in [0.5, 0.6) is 0 Å². The van der Waals surface area contributed by atoms with Crippen molar-refractivity contribution in [1.29, 1.82) is 0 Å². The zero-order chi connectivity index (χ0) is 20.3. The summed E-state index contributed by atoms with van der Waals surface area (Å²) in [5.74, 6) is -0.453. The van der Waals surface area contributed by atoms with Crippen molar-refractivity contribution >= 4 is 5.96 Å². The van der Waals surface area contributed by atoms with Gasteiger partial charge in [0.05, 0.1) is 12.1 Å². The number of nitrogens with one attached hydrogen (secondary N) is 2. The first-order valence-electron chi connectivity index (χ1n) is 9.41. The first-order chi connectivity index (χ1) is 12.8. The van der Waals surface area contributed by atoms with E-state index in [0.29, 0.717) is 25.1 Å². The maximum absolute atomic E-state index is 13.2. The number of alkyl halides is 3. The molecule has 0 unspecified atom stereocenters.